The number of hydrogen-bond acceptors (Lipinski definition) is 5. The fraction of sp³-hybridized carbons (Fsp3) is 0.320. The summed E-state index contributed by atoms with van der Waals surface area (Å²) in [6.07, 6.45) is 2.81. The van der Waals surface area contributed by atoms with Crippen molar-refractivity contribution in [3.8, 4) is 11.1 Å². The molecule has 0 unspecified atom stereocenters. The Hall–Kier alpha value is -3.41. The molecule has 4 rings (SSSR count). The summed E-state index contributed by atoms with van der Waals surface area (Å²) in [7, 11) is 1.65. The fourth-order valence-electron chi connectivity index (χ4n) is 4.21. The summed E-state index contributed by atoms with van der Waals surface area (Å²) in [5, 5.41) is 10.3. The normalized spacial score (nSPS) is 16.1. The first kappa shape index (κ1) is 20.8. The van der Waals surface area contributed by atoms with Gasteiger partial charge in [0.25, 0.3) is 5.91 Å². The zero-order chi connectivity index (χ0) is 21.8. The highest BCUT2D eigenvalue weighted by Gasteiger charge is 2.23. The third kappa shape index (κ3) is 4.68. The Balaban J connectivity index is 1.45. The molecule has 160 valence electrons. The number of rotatable bonds is 6. The molecule has 0 bridgehead atoms. The largest absolute Gasteiger partial charge is 0.370 e. The molecule has 2 aromatic carbocycles. The lowest BCUT2D eigenvalue weighted by atomic mass is 10.0. The van der Waals surface area contributed by atoms with Crippen molar-refractivity contribution in [2.24, 2.45) is 4.99 Å². The quantitative estimate of drug-likeness (QED) is 0.708. The summed E-state index contributed by atoms with van der Waals surface area (Å²) in [4.78, 5) is 21.3. The molecule has 1 amide bonds. The Bertz CT molecular complexity index is 1030. The predicted octanol–water partition coefficient (Wildman–Crippen LogP) is 3.60. The van der Waals surface area contributed by atoms with Crippen LogP contribution >= 0.6 is 0 Å². The molecule has 0 aliphatic carbocycles. The van der Waals surface area contributed by atoms with Gasteiger partial charge in [-0.1, -0.05) is 30.3 Å². The number of anilines is 1. The lowest BCUT2D eigenvalue weighted by molar-refractivity contribution is 0.0963. The maximum absolute atomic E-state index is 11.8. The molecule has 0 radical (unpaired) electrons. The summed E-state index contributed by atoms with van der Waals surface area (Å²) in [6.45, 7) is 6.38. The maximum atomic E-state index is 11.8. The van der Waals surface area contributed by atoms with Gasteiger partial charge in [0.15, 0.2) is 0 Å². The van der Waals surface area contributed by atoms with Crippen LogP contribution in [0, 0.1) is 5.41 Å². The van der Waals surface area contributed by atoms with Gasteiger partial charge in [-0.25, -0.2) is 0 Å². The average molecular weight is 416 g/mol. The first-order chi connectivity index (χ1) is 15.0. The molecule has 31 heavy (non-hydrogen) atoms. The molecule has 2 aromatic rings. The highest BCUT2D eigenvalue weighted by molar-refractivity contribution is 6.09. The van der Waals surface area contributed by atoms with Crippen LogP contribution in [0.2, 0.25) is 0 Å². The molecule has 2 aliphatic rings. The number of hydrogen-bond donors (Lipinski definition) is 2. The van der Waals surface area contributed by atoms with E-state index in [0.29, 0.717) is 17.7 Å². The van der Waals surface area contributed by atoms with Crippen LogP contribution in [0.15, 0.2) is 65.3 Å². The average Bonchev–Trinajstić information content (AvgIpc) is 3.26. The number of piperazine rings is 1. The van der Waals surface area contributed by atoms with Gasteiger partial charge in [-0.3, -0.25) is 9.79 Å². The van der Waals surface area contributed by atoms with Crippen molar-refractivity contribution in [1.82, 2.24) is 10.2 Å². The molecule has 6 nitrogen and oxygen atoms in total. The number of aliphatic imine (C=N–C) groups is 1. The van der Waals surface area contributed by atoms with Gasteiger partial charge < -0.3 is 20.5 Å². The summed E-state index contributed by atoms with van der Waals surface area (Å²) in [5.74, 6) is -0.0694. The maximum Gasteiger partial charge on any atom is 0.251 e. The molecule has 2 heterocycles. The molecule has 1 fully saturated rings. The molecule has 2 aliphatic heterocycles. The molecule has 6 heteroatoms. The van der Waals surface area contributed by atoms with Crippen LogP contribution < -0.4 is 10.2 Å². The van der Waals surface area contributed by atoms with E-state index >= 15 is 0 Å². The van der Waals surface area contributed by atoms with Gasteiger partial charge >= 0.3 is 0 Å². The van der Waals surface area contributed by atoms with E-state index in [-0.39, 0.29) is 5.91 Å². The Labute approximate surface area is 183 Å². The van der Waals surface area contributed by atoms with E-state index in [2.05, 4.69) is 50.5 Å². The summed E-state index contributed by atoms with van der Waals surface area (Å²) in [5.41, 5.74) is 7.15. The first-order valence-electron chi connectivity index (χ1n) is 10.7. The van der Waals surface area contributed by atoms with E-state index in [1.54, 1.807) is 7.05 Å². The second-order valence-corrected chi connectivity index (χ2v) is 8.05. The number of nitrogens with one attached hydrogen (secondary N) is 2. The summed E-state index contributed by atoms with van der Waals surface area (Å²) in [6, 6.07) is 16.3. The van der Waals surface area contributed by atoms with E-state index in [1.807, 2.05) is 31.2 Å². The van der Waals surface area contributed by atoms with Gasteiger partial charge in [-0.2, -0.15) is 0 Å². The van der Waals surface area contributed by atoms with E-state index in [4.69, 9.17) is 5.41 Å². The van der Waals surface area contributed by atoms with E-state index in [0.717, 1.165) is 44.0 Å². The van der Waals surface area contributed by atoms with Gasteiger partial charge in [-0.15, -0.1) is 0 Å². The minimum Gasteiger partial charge on any atom is -0.370 e. The summed E-state index contributed by atoms with van der Waals surface area (Å²) >= 11 is 0. The van der Waals surface area contributed by atoms with Crippen molar-refractivity contribution in [3.05, 3.63) is 65.9 Å². The zero-order valence-corrected chi connectivity index (χ0v) is 18.2. The number of para-hydroxylation sites is 1. The highest BCUT2D eigenvalue weighted by atomic mass is 16.1. The lowest BCUT2D eigenvalue weighted by Gasteiger charge is -2.38. The fourth-order valence-corrected chi connectivity index (χ4v) is 4.21. The van der Waals surface area contributed by atoms with E-state index in [1.165, 1.54) is 16.9 Å². The van der Waals surface area contributed by atoms with Crippen LogP contribution in [-0.2, 0) is 0 Å². The Morgan fingerprint density at radius 3 is 2.39 bits per heavy atom. The molecule has 0 aromatic heterocycles. The Morgan fingerprint density at radius 2 is 1.71 bits per heavy atom. The molecular weight excluding hydrogens is 386 g/mol. The Kier molecular flexibility index (Phi) is 6.16. The van der Waals surface area contributed by atoms with Crippen molar-refractivity contribution >= 4 is 23.0 Å². The van der Waals surface area contributed by atoms with Crippen LogP contribution in [0.1, 0.15) is 23.7 Å². The number of nitrogens with zero attached hydrogens (tertiary/aromatic N) is 3. The van der Waals surface area contributed by atoms with Gasteiger partial charge in [0, 0.05) is 73.6 Å². The third-order valence-corrected chi connectivity index (χ3v) is 5.84. The van der Waals surface area contributed by atoms with E-state index < -0.39 is 0 Å². The van der Waals surface area contributed by atoms with Crippen LogP contribution in [0.3, 0.4) is 0 Å². The topological polar surface area (TPSA) is 71.8 Å². The summed E-state index contributed by atoms with van der Waals surface area (Å²) < 4.78 is 0. The van der Waals surface area contributed by atoms with Gasteiger partial charge in [0.1, 0.15) is 0 Å². The van der Waals surface area contributed by atoms with E-state index in [9.17, 15) is 4.79 Å². The van der Waals surface area contributed by atoms with Crippen LogP contribution in [0.4, 0.5) is 5.69 Å². The molecule has 0 saturated carbocycles. The second kappa shape index (κ2) is 9.16. The third-order valence-electron chi connectivity index (χ3n) is 5.84. The van der Waals surface area contributed by atoms with Crippen molar-refractivity contribution in [2.45, 2.75) is 13.3 Å². The Morgan fingerprint density at radius 1 is 1.03 bits per heavy atom. The van der Waals surface area contributed by atoms with Crippen molar-refractivity contribution < 1.29 is 4.79 Å². The number of allylic oxidation sites excluding steroid dienone is 1. The van der Waals surface area contributed by atoms with Gasteiger partial charge in [-0.05, 0) is 36.8 Å². The molecular formula is C25H29N5O. The van der Waals surface area contributed by atoms with Crippen LogP contribution in [0.25, 0.3) is 11.1 Å². The molecule has 0 atom stereocenters. The van der Waals surface area contributed by atoms with Crippen molar-refractivity contribution in [2.75, 3.05) is 44.7 Å². The predicted molar refractivity (Wildman–Crippen MR) is 127 cm³/mol. The number of carbonyl (C=O) groups excluding carboxylic acids is 1. The number of amides is 1. The standard InChI is InChI=1S/C25H29N5O/c1-18(26)15-21-16-22(17-28-21)29-11-13-30(14-12-29)24-6-4-3-5-23(24)19-7-9-20(10-8-19)25(31)27-2/h3-10,16,26H,11-15,17H2,1-2H3,(H,27,31). The zero-order valence-electron chi connectivity index (χ0n) is 18.2. The minimum absolute atomic E-state index is 0.0694. The first-order valence-corrected chi connectivity index (χ1v) is 10.7. The molecule has 1 saturated heterocycles. The van der Waals surface area contributed by atoms with Crippen molar-refractivity contribution in [1.29, 1.82) is 5.41 Å². The molecule has 0 spiro atoms. The highest BCUT2D eigenvalue weighted by Crippen LogP contribution is 2.32. The SMILES string of the molecule is CNC(=O)c1ccc(-c2ccccc2N2CCN(C3=CC(CC(C)=N)=NC3)CC2)cc1. The smallest absolute Gasteiger partial charge is 0.251 e. The molecule has 2 N–H and O–H groups in total. The van der Waals surface area contributed by atoms with Gasteiger partial charge in [0.2, 0.25) is 0 Å². The monoisotopic (exact) mass is 415 g/mol. The number of benzene rings is 2. The number of carbonyl (C=O) groups is 1. The van der Waals surface area contributed by atoms with Crippen molar-refractivity contribution in [3.63, 3.8) is 0 Å². The van der Waals surface area contributed by atoms with Crippen LogP contribution in [0.5, 0.6) is 0 Å². The minimum atomic E-state index is -0.0694. The lowest BCUT2D eigenvalue weighted by Crippen LogP contribution is -2.46. The van der Waals surface area contributed by atoms with Gasteiger partial charge in [0.05, 0.1) is 6.54 Å². The second-order valence-electron chi connectivity index (χ2n) is 8.05. The van der Waals surface area contributed by atoms with Crippen LogP contribution in [-0.4, -0.2) is 62.0 Å².